The molecule has 1 radical (unpaired) electrons. The molecule has 43 heavy (non-hydrogen) atoms. The van der Waals surface area contributed by atoms with Crippen molar-refractivity contribution in [2.45, 2.75) is 26.6 Å². The van der Waals surface area contributed by atoms with E-state index in [4.69, 9.17) is 0 Å². The van der Waals surface area contributed by atoms with E-state index in [0.29, 0.717) is 0 Å². The molecular weight excluding hydrogens is 737 g/mol. The summed E-state index contributed by atoms with van der Waals surface area (Å²) in [6.07, 6.45) is 3.89. The van der Waals surface area contributed by atoms with Crippen molar-refractivity contribution in [2.24, 2.45) is 0 Å². The van der Waals surface area contributed by atoms with Crippen LogP contribution in [0.15, 0.2) is 122 Å². The number of benzene rings is 4. The first-order chi connectivity index (χ1) is 20.4. The van der Waals surface area contributed by atoms with Gasteiger partial charge in [0.25, 0.3) is 0 Å². The first kappa shape index (κ1) is 30.7. The predicted molar refractivity (Wildman–Crippen MR) is 183 cm³/mol. The Morgan fingerprint density at radius 1 is 0.674 bits per heavy atom. The van der Waals surface area contributed by atoms with Crippen LogP contribution < -0.4 is 5.19 Å². The average molecular weight is 769 g/mol. The number of aryl methyl sites for hydroxylation is 1. The molecule has 0 aliphatic rings. The van der Waals surface area contributed by atoms with Gasteiger partial charge in [0.15, 0.2) is 0 Å². The number of fused-ring (bicyclic) bond motifs is 3. The minimum Gasteiger partial charge on any atom is -0.305 e. The van der Waals surface area contributed by atoms with Gasteiger partial charge >= 0.3 is 0 Å². The van der Waals surface area contributed by atoms with Crippen molar-refractivity contribution in [3.8, 4) is 33.6 Å². The van der Waals surface area contributed by atoms with E-state index in [-0.39, 0.29) is 20.1 Å². The van der Waals surface area contributed by atoms with Crippen LogP contribution in [0.25, 0.3) is 53.8 Å². The quantitative estimate of drug-likeness (QED) is 0.132. The fraction of sp³-hybridized carbons (Fsp3) is 0.105. The van der Waals surface area contributed by atoms with Gasteiger partial charge in [-0.2, -0.15) is 11.3 Å². The Hall–Kier alpha value is -3.73. The Labute approximate surface area is 272 Å². The van der Waals surface area contributed by atoms with E-state index >= 15 is 0 Å². The summed E-state index contributed by atoms with van der Waals surface area (Å²) in [5, 5.41) is 3.97. The summed E-state index contributed by atoms with van der Waals surface area (Å²) >= 11 is 1.83. The zero-order valence-electron chi connectivity index (χ0n) is 24.7. The zero-order valence-corrected chi connectivity index (χ0v) is 28.9. The summed E-state index contributed by atoms with van der Waals surface area (Å²) in [5.41, 5.74) is 7.86. The van der Waals surface area contributed by atoms with E-state index in [9.17, 15) is 0 Å². The third-order valence-corrected chi connectivity index (χ3v) is 10.5. The molecule has 2 nitrogen and oxygen atoms in total. The van der Waals surface area contributed by atoms with Gasteiger partial charge in [-0.1, -0.05) is 91.3 Å². The van der Waals surface area contributed by atoms with Gasteiger partial charge in [-0.05, 0) is 56.8 Å². The van der Waals surface area contributed by atoms with E-state index in [1.807, 2.05) is 60.1 Å². The van der Waals surface area contributed by atoms with Crippen LogP contribution in [-0.4, -0.2) is 18.0 Å². The van der Waals surface area contributed by atoms with Crippen molar-refractivity contribution >= 4 is 44.8 Å². The van der Waals surface area contributed by atoms with Crippen LogP contribution in [0.2, 0.25) is 19.6 Å². The summed E-state index contributed by atoms with van der Waals surface area (Å²) in [7, 11) is -1.23. The van der Waals surface area contributed by atoms with Crippen molar-refractivity contribution in [1.82, 2.24) is 9.97 Å². The van der Waals surface area contributed by atoms with Gasteiger partial charge in [-0.25, -0.2) is 0 Å². The maximum Gasteiger partial charge on any atom is 0.0795 e. The third-order valence-electron chi connectivity index (χ3n) is 7.33. The largest absolute Gasteiger partial charge is 0.305 e. The number of nitrogens with zero attached hydrogens (tertiary/aromatic N) is 2. The molecule has 0 saturated carbocycles. The normalized spacial score (nSPS) is 11.1. The molecule has 215 valence electrons. The van der Waals surface area contributed by atoms with E-state index in [1.54, 1.807) is 0 Å². The molecule has 3 aromatic heterocycles. The minimum atomic E-state index is -1.23. The first-order valence-electron chi connectivity index (χ1n) is 14.2. The van der Waals surface area contributed by atoms with Crippen LogP contribution in [0.1, 0.15) is 5.56 Å². The maximum atomic E-state index is 4.57. The van der Waals surface area contributed by atoms with Gasteiger partial charge in [-0.15, -0.1) is 59.7 Å². The van der Waals surface area contributed by atoms with Gasteiger partial charge in [-0.3, -0.25) is 0 Å². The van der Waals surface area contributed by atoms with Crippen LogP contribution in [-0.2, 0) is 20.1 Å². The van der Waals surface area contributed by atoms with Gasteiger partial charge in [0, 0.05) is 37.2 Å². The molecule has 7 rings (SSSR count). The Morgan fingerprint density at radius 2 is 1.49 bits per heavy atom. The second-order valence-corrected chi connectivity index (χ2v) is 17.6. The number of rotatable bonds is 4. The second-order valence-electron chi connectivity index (χ2n) is 11.5. The van der Waals surface area contributed by atoms with Crippen molar-refractivity contribution in [3.05, 3.63) is 139 Å². The van der Waals surface area contributed by atoms with E-state index in [2.05, 4.69) is 121 Å². The smallest absolute Gasteiger partial charge is 0.0795 e. The molecule has 0 unspecified atom stereocenters. The maximum absolute atomic E-state index is 4.57. The predicted octanol–water partition coefficient (Wildman–Crippen LogP) is 9.98. The van der Waals surface area contributed by atoms with E-state index in [0.717, 1.165) is 22.5 Å². The molecule has 0 spiro atoms. The molecule has 0 atom stereocenters. The van der Waals surface area contributed by atoms with Crippen LogP contribution in [0, 0.1) is 19.1 Å². The van der Waals surface area contributed by atoms with Crippen molar-refractivity contribution in [2.75, 3.05) is 0 Å². The van der Waals surface area contributed by atoms with Gasteiger partial charge in [0.1, 0.15) is 0 Å². The van der Waals surface area contributed by atoms with Crippen LogP contribution >= 0.6 is 11.3 Å². The first-order valence-corrected chi connectivity index (χ1v) is 18.5. The molecule has 0 fully saturated rings. The Bertz CT molecular complexity index is 1960. The van der Waals surface area contributed by atoms with Crippen LogP contribution in [0.3, 0.4) is 0 Å². The fourth-order valence-corrected chi connectivity index (χ4v) is 7.25. The van der Waals surface area contributed by atoms with Crippen molar-refractivity contribution in [1.29, 1.82) is 0 Å². The second kappa shape index (κ2) is 13.3. The van der Waals surface area contributed by atoms with E-state index < -0.39 is 8.07 Å². The number of pyridine rings is 2. The zero-order chi connectivity index (χ0) is 29.1. The number of hydrogen-bond acceptors (Lipinski definition) is 3. The Kier molecular flexibility index (Phi) is 9.48. The summed E-state index contributed by atoms with van der Waals surface area (Å²) in [6, 6.07) is 44.5. The third kappa shape index (κ3) is 6.92. The van der Waals surface area contributed by atoms with Gasteiger partial charge in [0.05, 0.1) is 8.07 Å². The molecule has 0 bridgehead atoms. The van der Waals surface area contributed by atoms with Crippen molar-refractivity contribution < 1.29 is 20.1 Å². The molecule has 5 heteroatoms. The van der Waals surface area contributed by atoms with Crippen molar-refractivity contribution in [3.63, 3.8) is 0 Å². The molecule has 0 aliphatic carbocycles. The standard InChI is InChI=1S/C24H16NS.C14H16NSi.Ir/c1-16-12-13-25-22(14-16)21-9-5-8-20-19-11-10-18(15-23(19)26-24(20)21)17-6-3-2-4-7-17;1-16(2,3)13-9-10-14(15-11-13)12-7-5-4-6-8-12;/h2-8,10-15H,1H3;4-7,9-11H,1-3H3;/q2*-1;. The van der Waals surface area contributed by atoms with Crippen LogP contribution in [0.5, 0.6) is 0 Å². The summed E-state index contributed by atoms with van der Waals surface area (Å²) < 4.78 is 2.56. The number of aromatic nitrogens is 2. The summed E-state index contributed by atoms with van der Waals surface area (Å²) in [6.45, 7) is 9.09. The average Bonchev–Trinajstić information content (AvgIpc) is 3.40. The molecule has 3 heterocycles. The molecule has 4 aromatic carbocycles. The summed E-state index contributed by atoms with van der Waals surface area (Å²) in [4.78, 5) is 9.09. The molecule has 0 amide bonds. The monoisotopic (exact) mass is 769 g/mol. The van der Waals surface area contributed by atoms with E-state index in [1.165, 1.54) is 42.0 Å². The Balaban J connectivity index is 0.000000188. The Morgan fingerprint density at radius 3 is 2.19 bits per heavy atom. The van der Waals surface area contributed by atoms with Gasteiger partial charge in [0.2, 0.25) is 0 Å². The fourth-order valence-electron chi connectivity index (χ4n) is 4.96. The topological polar surface area (TPSA) is 25.8 Å². The molecule has 7 aromatic rings. The molecular formula is C38H32IrN2SSi-2. The molecule has 0 aliphatic heterocycles. The number of thiophene rings is 1. The minimum absolute atomic E-state index is 0. The summed E-state index contributed by atoms with van der Waals surface area (Å²) in [5.74, 6) is 0. The molecule has 0 N–H and O–H groups in total. The van der Waals surface area contributed by atoms with Crippen LogP contribution in [0.4, 0.5) is 0 Å². The SMILES string of the molecule is C[Si](C)(C)c1ccc(-c2[c-]cccc2)nc1.Cc1ccnc(-c2[c-]ccc3c2sc2cc(-c4ccccc4)ccc23)c1.[Ir]. The molecule has 0 saturated heterocycles. The van der Waals surface area contributed by atoms with Gasteiger partial charge < -0.3 is 9.97 Å². The number of hydrogen-bond donors (Lipinski definition) is 0.